The van der Waals surface area contributed by atoms with Gasteiger partial charge in [0, 0.05) is 10.4 Å². The second kappa shape index (κ2) is 7.32. The number of aromatic nitrogens is 4. The Morgan fingerprint density at radius 2 is 2.00 bits per heavy atom. The highest BCUT2D eigenvalue weighted by Gasteiger charge is 2.22. The SMILES string of the molecule is COc1ccc(-c2noc(COc3ncnc4sc5c(c34)CCC5)n2)cc1OC. The molecule has 0 amide bonds. The molecule has 8 nitrogen and oxygen atoms in total. The summed E-state index contributed by atoms with van der Waals surface area (Å²) in [6, 6.07) is 5.45. The van der Waals surface area contributed by atoms with Gasteiger partial charge in [-0.05, 0) is 43.0 Å². The van der Waals surface area contributed by atoms with Crippen molar-refractivity contribution in [2.24, 2.45) is 0 Å². The van der Waals surface area contributed by atoms with Crippen molar-refractivity contribution in [2.75, 3.05) is 14.2 Å². The molecule has 1 aromatic carbocycles. The minimum atomic E-state index is 0.136. The molecule has 5 rings (SSSR count). The van der Waals surface area contributed by atoms with Gasteiger partial charge in [-0.2, -0.15) is 4.98 Å². The molecule has 3 heterocycles. The lowest BCUT2D eigenvalue weighted by Crippen LogP contribution is -1.99. The third-order valence-corrected chi connectivity index (χ3v) is 6.11. The number of nitrogens with zero attached hydrogens (tertiary/aromatic N) is 4. The van der Waals surface area contributed by atoms with Crippen LogP contribution >= 0.6 is 11.3 Å². The number of fused-ring (bicyclic) bond motifs is 3. The van der Waals surface area contributed by atoms with E-state index in [0.29, 0.717) is 29.1 Å². The molecule has 0 unspecified atom stereocenters. The Hall–Kier alpha value is -3.20. The van der Waals surface area contributed by atoms with Crippen LogP contribution in [0.2, 0.25) is 0 Å². The fourth-order valence-electron chi connectivity index (χ4n) is 3.55. The van der Waals surface area contributed by atoms with E-state index < -0.39 is 0 Å². The highest BCUT2D eigenvalue weighted by atomic mass is 32.1. The molecular formula is C20H18N4O4S. The minimum absolute atomic E-state index is 0.136. The lowest BCUT2D eigenvalue weighted by molar-refractivity contribution is 0.238. The van der Waals surface area contributed by atoms with Crippen LogP contribution in [-0.4, -0.2) is 34.3 Å². The van der Waals surface area contributed by atoms with Crippen molar-refractivity contribution in [3.05, 3.63) is 40.9 Å². The van der Waals surface area contributed by atoms with Crippen molar-refractivity contribution >= 4 is 21.6 Å². The number of methoxy groups -OCH3 is 2. The second-order valence-electron chi connectivity index (χ2n) is 6.59. The van der Waals surface area contributed by atoms with Crippen LogP contribution in [0.15, 0.2) is 29.0 Å². The smallest absolute Gasteiger partial charge is 0.264 e. The number of ether oxygens (including phenoxy) is 3. The molecule has 0 saturated heterocycles. The van der Waals surface area contributed by atoms with E-state index in [1.54, 1.807) is 37.7 Å². The quantitative estimate of drug-likeness (QED) is 0.474. The molecule has 4 aromatic rings. The van der Waals surface area contributed by atoms with Crippen LogP contribution in [0.1, 0.15) is 22.8 Å². The minimum Gasteiger partial charge on any atom is -0.493 e. The number of hydrogen-bond donors (Lipinski definition) is 0. The van der Waals surface area contributed by atoms with E-state index in [2.05, 4.69) is 20.1 Å². The van der Waals surface area contributed by atoms with Gasteiger partial charge in [-0.1, -0.05) is 5.16 Å². The maximum atomic E-state index is 5.93. The Kier molecular flexibility index (Phi) is 4.51. The summed E-state index contributed by atoms with van der Waals surface area (Å²) in [7, 11) is 3.18. The third kappa shape index (κ3) is 3.17. The number of aryl methyl sites for hydroxylation is 2. The summed E-state index contributed by atoms with van der Waals surface area (Å²) in [4.78, 5) is 15.5. The fraction of sp³-hybridized carbons (Fsp3) is 0.300. The lowest BCUT2D eigenvalue weighted by atomic mass is 10.2. The molecule has 29 heavy (non-hydrogen) atoms. The molecule has 0 fully saturated rings. The monoisotopic (exact) mass is 410 g/mol. The van der Waals surface area contributed by atoms with Crippen LogP contribution in [0.25, 0.3) is 21.6 Å². The summed E-state index contributed by atoms with van der Waals surface area (Å²) < 4.78 is 21.9. The van der Waals surface area contributed by atoms with Crippen molar-refractivity contribution in [2.45, 2.75) is 25.9 Å². The molecule has 3 aromatic heterocycles. The predicted molar refractivity (Wildman–Crippen MR) is 107 cm³/mol. The van der Waals surface area contributed by atoms with Crippen LogP contribution in [0.5, 0.6) is 17.4 Å². The van der Waals surface area contributed by atoms with Gasteiger partial charge in [0.2, 0.25) is 11.7 Å². The Balaban J connectivity index is 1.37. The molecular weight excluding hydrogens is 392 g/mol. The molecule has 0 spiro atoms. The highest BCUT2D eigenvalue weighted by molar-refractivity contribution is 7.18. The Bertz CT molecular complexity index is 1190. The molecule has 1 aliphatic carbocycles. The van der Waals surface area contributed by atoms with Gasteiger partial charge in [0.05, 0.1) is 19.6 Å². The summed E-state index contributed by atoms with van der Waals surface area (Å²) in [6.07, 6.45) is 4.85. The van der Waals surface area contributed by atoms with Gasteiger partial charge in [-0.25, -0.2) is 9.97 Å². The Labute approximate surface area is 170 Å². The van der Waals surface area contributed by atoms with Crippen molar-refractivity contribution in [1.29, 1.82) is 0 Å². The summed E-state index contributed by atoms with van der Waals surface area (Å²) in [5, 5.41) is 5.06. The van der Waals surface area contributed by atoms with Crippen LogP contribution < -0.4 is 14.2 Å². The second-order valence-corrected chi connectivity index (χ2v) is 7.67. The largest absolute Gasteiger partial charge is 0.493 e. The molecule has 1 aliphatic rings. The molecule has 0 N–H and O–H groups in total. The average molecular weight is 410 g/mol. The first kappa shape index (κ1) is 17.9. The van der Waals surface area contributed by atoms with Gasteiger partial charge in [0.1, 0.15) is 11.2 Å². The van der Waals surface area contributed by atoms with Crippen molar-refractivity contribution < 1.29 is 18.7 Å². The van der Waals surface area contributed by atoms with Gasteiger partial charge < -0.3 is 18.7 Å². The van der Waals surface area contributed by atoms with E-state index in [4.69, 9.17) is 18.7 Å². The first-order valence-electron chi connectivity index (χ1n) is 9.20. The molecule has 0 bridgehead atoms. The Morgan fingerprint density at radius 1 is 1.10 bits per heavy atom. The van der Waals surface area contributed by atoms with Crippen LogP contribution in [0.4, 0.5) is 0 Å². The fourth-order valence-corrected chi connectivity index (χ4v) is 4.76. The first-order chi connectivity index (χ1) is 14.3. The van der Waals surface area contributed by atoms with Crippen molar-refractivity contribution in [3.63, 3.8) is 0 Å². The van der Waals surface area contributed by atoms with Gasteiger partial charge >= 0.3 is 0 Å². The Morgan fingerprint density at radius 3 is 2.86 bits per heavy atom. The van der Waals surface area contributed by atoms with Crippen molar-refractivity contribution in [3.8, 4) is 28.8 Å². The summed E-state index contributed by atoms with van der Waals surface area (Å²) in [6.45, 7) is 0.136. The molecule has 148 valence electrons. The summed E-state index contributed by atoms with van der Waals surface area (Å²) in [5.41, 5.74) is 2.08. The molecule has 9 heteroatoms. The average Bonchev–Trinajstić information content (AvgIpc) is 3.47. The summed E-state index contributed by atoms with van der Waals surface area (Å²) >= 11 is 1.73. The van der Waals surface area contributed by atoms with E-state index in [9.17, 15) is 0 Å². The number of hydrogen-bond acceptors (Lipinski definition) is 9. The van der Waals surface area contributed by atoms with E-state index in [0.717, 1.165) is 28.6 Å². The van der Waals surface area contributed by atoms with Crippen LogP contribution in [0.3, 0.4) is 0 Å². The third-order valence-electron chi connectivity index (χ3n) is 4.91. The maximum absolute atomic E-state index is 5.93. The summed E-state index contributed by atoms with van der Waals surface area (Å²) in [5.74, 6) is 2.63. The molecule has 0 aliphatic heterocycles. The van der Waals surface area contributed by atoms with Gasteiger partial charge in [-0.15, -0.1) is 11.3 Å². The predicted octanol–water partition coefficient (Wildman–Crippen LogP) is 3.83. The number of thiophene rings is 1. The molecule has 0 radical (unpaired) electrons. The van der Waals surface area contributed by atoms with Gasteiger partial charge in [0.25, 0.3) is 5.89 Å². The van der Waals surface area contributed by atoms with E-state index in [1.165, 1.54) is 23.2 Å². The van der Waals surface area contributed by atoms with Gasteiger partial charge in [0.15, 0.2) is 18.1 Å². The molecule has 0 saturated carbocycles. The van der Waals surface area contributed by atoms with E-state index in [1.807, 2.05) is 6.07 Å². The van der Waals surface area contributed by atoms with Crippen molar-refractivity contribution in [1.82, 2.24) is 20.1 Å². The lowest BCUT2D eigenvalue weighted by Gasteiger charge is -2.07. The molecule has 0 atom stereocenters. The van der Waals surface area contributed by atoms with Gasteiger partial charge in [-0.3, -0.25) is 0 Å². The number of rotatable bonds is 6. The zero-order valence-corrected chi connectivity index (χ0v) is 16.8. The van der Waals surface area contributed by atoms with Crippen LogP contribution in [0, 0.1) is 0 Å². The zero-order chi connectivity index (χ0) is 19.8. The van der Waals surface area contributed by atoms with Crippen LogP contribution in [-0.2, 0) is 19.4 Å². The normalized spacial score (nSPS) is 12.9. The van der Waals surface area contributed by atoms with E-state index >= 15 is 0 Å². The standard InChI is InChI=1S/C20H18N4O4S/c1-25-13-7-6-11(8-14(13)26-2)18-23-16(28-24-18)9-27-19-17-12-4-3-5-15(12)29-20(17)22-10-21-19/h6-8,10H,3-5,9H2,1-2H3. The van der Waals surface area contributed by atoms with E-state index in [-0.39, 0.29) is 6.61 Å². The number of benzene rings is 1. The first-order valence-corrected chi connectivity index (χ1v) is 10.0. The highest BCUT2D eigenvalue weighted by Crippen LogP contribution is 2.40. The zero-order valence-electron chi connectivity index (χ0n) is 16.0. The topological polar surface area (TPSA) is 92.4 Å². The maximum Gasteiger partial charge on any atom is 0.264 e.